The fourth-order valence-corrected chi connectivity index (χ4v) is 4.97. The Balaban J connectivity index is 1.30. The molecule has 7 nitrogen and oxygen atoms in total. The standard InChI is InChI=1S/C25H21ClN4O3S/c26-17-6-3-5-16(13-17)15-34-25-29-20-9-2-1-8-19(20)23-28-21(24(32)30(23)25)10-11-22(31)27-14-18-7-4-12-33-18/h1-9,12-13,21H,10-11,14-15H2,(H,27,31)/t21-/m0/s1. The molecule has 172 valence electrons. The summed E-state index contributed by atoms with van der Waals surface area (Å²) in [6.45, 7) is 0.315. The summed E-state index contributed by atoms with van der Waals surface area (Å²) in [5.74, 6) is 1.56. The van der Waals surface area contributed by atoms with Crippen molar-refractivity contribution in [3.05, 3.63) is 88.8 Å². The van der Waals surface area contributed by atoms with Crippen molar-refractivity contribution < 1.29 is 14.0 Å². The quantitative estimate of drug-likeness (QED) is 0.507. The van der Waals surface area contributed by atoms with Crippen LogP contribution in [0.15, 0.2) is 81.3 Å². The lowest BCUT2D eigenvalue weighted by Gasteiger charge is -2.25. The van der Waals surface area contributed by atoms with Gasteiger partial charge in [-0.25, -0.2) is 9.89 Å². The smallest absolute Gasteiger partial charge is 0.259 e. The van der Waals surface area contributed by atoms with Gasteiger partial charge >= 0.3 is 0 Å². The van der Waals surface area contributed by atoms with Gasteiger partial charge in [0.1, 0.15) is 17.6 Å². The van der Waals surface area contributed by atoms with Crippen molar-refractivity contribution in [1.29, 1.82) is 0 Å². The molecular formula is C25H21ClN4O3S. The number of nitrogens with one attached hydrogen (secondary N) is 1. The lowest BCUT2D eigenvalue weighted by molar-refractivity contribution is -0.125. The van der Waals surface area contributed by atoms with Gasteiger partial charge in [0.25, 0.3) is 5.91 Å². The molecule has 0 saturated carbocycles. The van der Waals surface area contributed by atoms with E-state index in [0.717, 1.165) is 16.8 Å². The zero-order chi connectivity index (χ0) is 23.5. The van der Waals surface area contributed by atoms with Gasteiger partial charge in [-0.15, -0.1) is 0 Å². The molecule has 0 saturated heterocycles. The summed E-state index contributed by atoms with van der Waals surface area (Å²) >= 11 is 7.58. The van der Waals surface area contributed by atoms with Crippen molar-refractivity contribution in [3.63, 3.8) is 0 Å². The third-order valence-electron chi connectivity index (χ3n) is 5.49. The Bertz CT molecular complexity index is 1290. The van der Waals surface area contributed by atoms with Crippen molar-refractivity contribution in [2.45, 2.75) is 31.2 Å². The van der Waals surface area contributed by atoms with Crippen LogP contribution in [0.4, 0.5) is 5.69 Å². The SMILES string of the molecule is O=C(CC[C@@H]1N=C2c3ccccc3N=C(SCc3cccc(Cl)c3)N2C1=O)NCc1ccco1. The Kier molecular flexibility index (Phi) is 6.51. The molecule has 3 aromatic rings. The van der Waals surface area contributed by atoms with Crippen LogP contribution in [0.1, 0.15) is 29.7 Å². The topological polar surface area (TPSA) is 87.3 Å². The number of hydrogen-bond acceptors (Lipinski definition) is 6. The first-order valence-corrected chi connectivity index (χ1v) is 12.2. The van der Waals surface area contributed by atoms with E-state index in [1.54, 1.807) is 23.3 Å². The summed E-state index contributed by atoms with van der Waals surface area (Å²) in [6.07, 6.45) is 2.06. The van der Waals surface area contributed by atoms with Crippen LogP contribution in [0.5, 0.6) is 0 Å². The van der Waals surface area contributed by atoms with Gasteiger partial charge in [-0.1, -0.05) is 47.6 Å². The highest BCUT2D eigenvalue weighted by Crippen LogP contribution is 2.35. The number of carbonyl (C=O) groups is 2. The van der Waals surface area contributed by atoms with Crippen molar-refractivity contribution in [1.82, 2.24) is 10.2 Å². The maximum Gasteiger partial charge on any atom is 0.259 e. The number of benzene rings is 2. The van der Waals surface area contributed by atoms with Crippen molar-refractivity contribution in [2.75, 3.05) is 0 Å². The largest absolute Gasteiger partial charge is 0.467 e. The third kappa shape index (κ3) is 4.78. The van der Waals surface area contributed by atoms with E-state index >= 15 is 0 Å². The second kappa shape index (κ2) is 9.87. The molecular weight excluding hydrogens is 472 g/mol. The molecule has 0 unspecified atom stereocenters. The predicted octanol–water partition coefficient (Wildman–Crippen LogP) is 4.92. The molecule has 1 atom stereocenters. The summed E-state index contributed by atoms with van der Waals surface area (Å²) in [6, 6.07) is 18.2. The summed E-state index contributed by atoms with van der Waals surface area (Å²) in [7, 11) is 0. The number of furan rings is 1. The van der Waals surface area contributed by atoms with Crippen LogP contribution in [-0.2, 0) is 21.9 Å². The highest BCUT2D eigenvalue weighted by atomic mass is 35.5. The average Bonchev–Trinajstić information content (AvgIpc) is 3.48. The van der Waals surface area contributed by atoms with E-state index < -0.39 is 6.04 Å². The van der Waals surface area contributed by atoms with Gasteiger partial charge in [0.2, 0.25) is 5.91 Å². The van der Waals surface area contributed by atoms with Gasteiger partial charge in [-0.05, 0) is 48.4 Å². The number of nitrogens with zero attached hydrogens (tertiary/aromatic N) is 3. The predicted molar refractivity (Wildman–Crippen MR) is 133 cm³/mol. The van der Waals surface area contributed by atoms with Crippen LogP contribution in [0, 0.1) is 0 Å². The first kappa shape index (κ1) is 22.4. The summed E-state index contributed by atoms with van der Waals surface area (Å²) in [4.78, 5) is 36.7. The second-order valence-corrected chi connectivity index (χ2v) is 9.25. The average molecular weight is 493 g/mol. The van der Waals surface area contributed by atoms with E-state index in [1.807, 2.05) is 48.5 Å². The van der Waals surface area contributed by atoms with Crippen molar-refractivity contribution in [2.24, 2.45) is 9.98 Å². The van der Waals surface area contributed by atoms with Crippen molar-refractivity contribution >= 4 is 51.9 Å². The van der Waals surface area contributed by atoms with Crippen LogP contribution < -0.4 is 5.32 Å². The number of aliphatic imine (C=N–C) groups is 2. The zero-order valence-corrected chi connectivity index (χ0v) is 19.7. The molecule has 3 heterocycles. The third-order valence-corrected chi connectivity index (χ3v) is 6.73. The molecule has 2 aliphatic heterocycles. The van der Waals surface area contributed by atoms with Gasteiger partial charge in [-0.3, -0.25) is 14.6 Å². The van der Waals surface area contributed by atoms with E-state index in [9.17, 15) is 9.59 Å². The maximum atomic E-state index is 13.3. The van der Waals surface area contributed by atoms with E-state index in [0.29, 0.717) is 40.5 Å². The lowest BCUT2D eigenvalue weighted by Crippen LogP contribution is -2.41. The van der Waals surface area contributed by atoms with E-state index in [4.69, 9.17) is 26.0 Å². The van der Waals surface area contributed by atoms with Gasteiger partial charge in [-0.2, -0.15) is 0 Å². The number of amides is 2. The van der Waals surface area contributed by atoms with Crippen LogP contribution in [0.3, 0.4) is 0 Å². The number of hydrogen-bond donors (Lipinski definition) is 1. The molecule has 9 heteroatoms. The van der Waals surface area contributed by atoms with E-state index in [1.165, 1.54) is 11.8 Å². The fraction of sp³-hybridized carbons (Fsp3) is 0.200. The van der Waals surface area contributed by atoms with Crippen LogP contribution in [-0.4, -0.2) is 33.8 Å². The number of halogens is 1. The minimum Gasteiger partial charge on any atom is -0.467 e. The molecule has 0 spiro atoms. The molecule has 0 bridgehead atoms. The van der Waals surface area contributed by atoms with E-state index in [-0.39, 0.29) is 18.2 Å². The molecule has 0 fully saturated rings. The van der Waals surface area contributed by atoms with Crippen LogP contribution >= 0.6 is 23.4 Å². The minimum atomic E-state index is -0.632. The maximum absolute atomic E-state index is 13.3. The molecule has 1 N–H and O–H groups in total. The molecule has 0 aliphatic carbocycles. The number of thioether (sulfide) groups is 1. The molecule has 2 amide bonds. The van der Waals surface area contributed by atoms with Gasteiger partial charge < -0.3 is 9.73 Å². The normalized spacial score (nSPS) is 16.6. The molecule has 2 aliphatic rings. The fourth-order valence-electron chi connectivity index (χ4n) is 3.82. The minimum absolute atomic E-state index is 0.154. The monoisotopic (exact) mass is 492 g/mol. The summed E-state index contributed by atoms with van der Waals surface area (Å²) < 4.78 is 5.23. The summed E-state index contributed by atoms with van der Waals surface area (Å²) in [5.41, 5.74) is 2.62. The molecule has 5 rings (SSSR count). The number of fused-ring (bicyclic) bond motifs is 3. The first-order valence-electron chi connectivity index (χ1n) is 10.8. The molecule has 0 radical (unpaired) electrons. The van der Waals surface area contributed by atoms with Crippen LogP contribution in [0.25, 0.3) is 0 Å². The first-order chi connectivity index (χ1) is 16.6. The Morgan fingerprint density at radius 2 is 2.03 bits per heavy atom. The molecule has 34 heavy (non-hydrogen) atoms. The molecule has 1 aromatic heterocycles. The Morgan fingerprint density at radius 1 is 1.15 bits per heavy atom. The number of carbonyl (C=O) groups excluding carboxylic acids is 2. The van der Waals surface area contributed by atoms with Gasteiger partial charge in [0, 0.05) is 22.8 Å². The van der Waals surface area contributed by atoms with Crippen LogP contribution in [0.2, 0.25) is 5.02 Å². The zero-order valence-electron chi connectivity index (χ0n) is 18.1. The van der Waals surface area contributed by atoms with Crippen molar-refractivity contribution in [3.8, 4) is 0 Å². The second-order valence-electron chi connectivity index (χ2n) is 7.87. The van der Waals surface area contributed by atoms with Gasteiger partial charge in [0.15, 0.2) is 5.17 Å². The van der Waals surface area contributed by atoms with Gasteiger partial charge in [0.05, 0.1) is 18.5 Å². The molecule has 2 aromatic carbocycles. The number of para-hydroxylation sites is 1. The lowest BCUT2D eigenvalue weighted by atomic mass is 10.1. The number of amidine groups is 2. The Labute approximate surface area is 205 Å². The Morgan fingerprint density at radius 3 is 2.85 bits per heavy atom. The highest BCUT2D eigenvalue weighted by molar-refractivity contribution is 8.13. The highest BCUT2D eigenvalue weighted by Gasteiger charge is 2.41. The number of rotatable bonds is 7. The van der Waals surface area contributed by atoms with E-state index in [2.05, 4.69) is 5.32 Å². The Hall–Kier alpha value is -3.36. The summed E-state index contributed by atoms with van der Waals surface area (Å²) in [5, 5.41) is 4.05.